The lowest BCUT2D eigenvalue weighted by atomic mass is 9.93. The highest BCUT2D eigenvalue weighted by molar-refractivity contribution is 6.84. The summed E-state index contributed by atoms with van der Waals surface area (Å²) < 4.78 is 35.5. The summed E-state index contributed by atoms with van der Waals surface area (Å²) >= 11 is 0. The molecule has 0 saturated carbocycles. The van der Waals surface area contributed by atoms with Crippen LogP contribution in [0.2, 0.25) is 22.2 Å². The van der Waals surface area contributed by atoms with E-state index >= 15 is 4.79 Å². The predicted molar refractivity (Wildman–Crippen MR) is 189 cm³/mol. The van der Waals surface area contributed by atoms with Crippen LogP contribution >= 0.6 is 0 Å². The summed E-state index contributed by atoms with van der Waals surface area (Å²) in [7, 11) is -6.28. The van der Waals surface area contributed by atoms with Gasteiger partial charge in [0.1, 0.15) is 25.0 Å². The first-order valence-corrected chi connectivity index (χ1v) is 21.1. The van der Waals surface area contributed by atoms with E-state index < -0.39 is 58.2 Å². The molecule has 3 heterocycles. The Bertz CT molecular complexity index is 1690. The third-order valence-corrected chi connectivity index (χ3v) is 20.1. The van der Waals surface area contributed by atoms with Gasteiger partial charge in [-0.15, -0.1) is 0 Å². The van der Waals surface area contributed by atoms with E-state index in [9.17, 15) is 14.7 Å². The Balaban J connectivity index is 1.66. The van der Waals surface area contributed by atoms with E-state index in [0.29, 0.717) is 5.56 Å². The Morgan fingerprint density at radius 1 is 0.837 bits per heavy atom. The van der Waals surface area contributed by atoms with Gasteiger partial charge in [0.05, 0.1) is 13.2 Å². The lowest BCUT2D eigenvalue weighted by Gasteiger charge is -2.50. The maximum absolute atomic E-state index is 15.1. The van der Waals surface area contributed by atoms with Crippen molar-refractivity contribution in [2.75, 3.05) is 6.61 Å². The topological polar surface area (TPSA) is 127 Å². The Kier molecular flexibility index (Phi) is 11.2. The zero-order chi connectivity index (χ0) is 35.7. The summed E-state index contributed by atoms with van der Waals surface area (Å²) in [6, 6.07) is 19.1. The van der Waals surface area contributed by atoms with Gasteiger partial charge in [-0.05, 0) is 33.3 Å². The highest BCUT2D eigenvalue weighted by Crippen LogP contribution is 2.50. The number of benzene rings is 2. The highest BCUT2D eigenvalue weighted by atomic mass is 28.5. The van der Waals surface area contributed by atoms with Crippen LogP contribution in [-0.4, -0.2) is 56.0 Å². The lowest BCUT2D eigenvalue weighted by Crippen LogP contribution is -2.65. The summed E-state index contributed by atoms with van der Waals surface area (Å²) in [6.45, 7) is 16.3. The van der Waals surface area contributed by atoms with Gasteiger partial charge in [0, 0.05) is 12.3 Å². The maximum Gasteiger partial charge on any atom is 0.335 e. The van der Waals surface area contributed by atoms with Gasteiger partial charge < -0.3 is 27.5 Å². The molecule has 0 unspecified atom stereocenters. The average Bonchev–Trinajstić information content (AvgIpc) is 3.33. The van der Waals surface area contributed by atoms with Crippen molar-refractivity contribution in [1.82, 2.24) is 9.13 Å². The van der Waals surface area contributed by atoms with Gasteiger partial charge in [-0.25, -0.2) is 9.36 Å². The molecular formula is C36H50N2O9Si2. The molecule has 13 heteroatoms. The van der Waals surface area contributed by atoms with Crippen LogP contribution in [-0.2, 0) is 46.3 Å². The Labute approximate surface area is 290 Å². The van der Waals surface area contributed by atoms with Crippen molar-refractivity contribution in [3.05, 3.63) is 105 Å². The monoisotopic (exact) mass is 710 g/mol. The van der Waals surface area contributed by atoms with Crippen molar-refractivity contribution in [2.45, 2.75) is 115 Å². The smallest absolute Gasteiger partial charge is 0.335 e. The number of nitrogens with zero attached hydrogens (tertiary/aromatic N) is 2. The fraction of sp³-hybridized carbons (Fsp3) is 0.528. The van der Waals surface area contributed by atoms with Crippen LogP contribution in [0.5, 0.6) is 0 Å². The number of carbonyl (C=O) groups is 1. The first-order valence-electron chi connectivity index (χ1n) is 17.1. The van der Waals surface area contributed by atoms with Gasteiger partial charge in [0.2, 0.25) is 11.5 Å². The number of hydrogen-bond donors (Lipinski definition) is 1. The number of fused-ring (bicyclic) bond motifs is 1. The van der Waals surface area contributed by atoms with Crippen molar-refractivity contribution in [3.8, 4) is 0 Å². The van der Waals surface area contributed by atoms with Crippen LogP contribution in [0, 0.1) is 0 Å². The molecule has 11 nitrogen and oxygen atoms in total. The van der Waals surface area contributed by atoms with Crippen LogP contribution in [0.15, 0.2) is 82.5 Å². The first-order chi connectivity index (χ1) is 23.2. The van der Waals surface area contributed by atoms with Crippen molar-refractivity contribution < 1.29 is 32.3 Å². The van der Waals surface area contributed by atoms with Crippen LogP contribution in [0.1, 0.15) is 72.6 Å². The molecule has 3 aromatic rings. The van der Waals surface area contributed by atoms with Crippen molar-refractivity contribution in [1.29, 1.82) is 0 Å². The molecule has 0 aliphatic carbocycles. The molecule has 2 aliphatic heterocycles. The zero-order valence-electron chi connectivity index (χ0n) is 29.7. The summed E-state index contributed by atoms with van der Waals surface area (Å²) in [5.74, 6) is -0.653. The molecule has 49 heavy (non-hydrogen) atoms. The highest BCUT2D eigenvalue weighted by Gasteiger charge is 2.67. The molecule has 1 N–H and O–H groups in total. The van der Waals surface area contributed by atoms with Crippen LogP contribution < -0.4 is 11.2 Å². The van der Waals surface area contributed by atoms with Crippen molar-refractivity contribution >= 4 is 22.9 Å². The van der Waals surface area contributed by atoms with E-state index in [0.717, 1.165) is 14.7 Å². The van der Waals surface area contributed by atoms with E-state index in [1.807, 2.05) is 58.0 Å². The SMILES string of the molecule is CC(C)[Si]1(C(C)C)OC[C@H]2O[C@@]([C@@H](O)c3ccccc3)(n3ccc(=O)n(COCc4ccccc4)c3=O)C(=O)[C@@H]2O[Si](C(C)C)(C(C)C)O1. The molecular weight excluding hydrogens is 661 g/mol. The molecule has 0 radical (unpaired) electrons. The largest absolute Gasteiger partial charge is 0.414 e. The van der Waals surface area contributed by atoms with Gasteiger partial charge in [-0.3, -0.25) is 14.2 Å². The molecule has 0 amide bonds. The third kappa shape index (κ3) is 6.63. The predicted octanol–water partition coefficient (Wildman–Crippen LogP) is 5.50. The molecule has 4 atom stereocenters. The number of hydrogen-bond acceptors (Lipinski definition) is 9. The van der Waals surface area contributed by atoms with Gasteiger partial charge in [-0.1, -0.05) is 116 Å². The van der Waals surface area contributed by atoms with Gasteiger partial charge in [-0.2, -0.15) is 0 Å². The summed E-state index contributed by atoms with van der Waals surface area (Å²) in [4.78, 5) is 42.5. The number of ketones is 1. The molecule has 2 aromatic carbocycles. The number of carbonyl (C=O) groups excluding carboxylic acids is 1. The van der Waals surface area contributed by atoms with Gasteiger partial charge in [0.15, 0.2) is 0 Å². The standard InChI is InChI=1S/C36H50N2O9Si2/c1-24(2)48(25(3)4)44-22-30-32(46-49(47-48,26(5)6)27(7)8)34(41)36(45-30,33(40)29-17-13-10-14-18-29)38-20-19-31(39)37(35(38)42)23-43-21-28-15-11-9-12-16-28/h9-20,24-27,30,32-33,40H,21-23H2,1-8H3/t30-,32-,33+,36-/m1/s1. The number of rotatable bonds is 11. The van der Waals surface area contributed by atoms with E-state index in [-0.39, 0.29) is 42.1 Å². The minimum atomic E-state index is -3.28. The number of aliphatic hydroxyl groups excluding tert-OH is 1. The quantitative estimate of drug-likeness (QED) is 0.257. The minimum absolute atomic E-state index is 0.0442. The maximum atomic E-state index is 15.1. The van der Waals surface area contributed by atoms with E-state index in [1.165, 1.54) is 12.3 Å². The fourth-order valence-electron chi connectivity index (χ4n) is 7.18. The minimum Gasteiger partial charge on any atom is -0.414 e. The number of Topliss-reactive ketones (excluding diaryl/α,β-unsaturated/α-hetero) is 1. The molecule has 266 valence electrons. The third-order valence-electron chi connectivity index (χ3n) is 9.85. The Morgan fingerprint density at radius 2 is 1.41 bits per heavy atom. The second kappa shape index (κ2) is 14.7. The van der Waals surface area contributed by atoms with Crippen molar-refractivity contribution in [3.63, 3.8) is 0 Å². The van der Waals surface area contributed by atoms with Crippen LogP contribution in [0.25, 0.3) is 0 Å². The summed E-state index contributed by atoms with van der Waals surface area (Å²) in [6.07, 6.45) is -2.65. The van der Waals surface area contributed by atoms with E-state index in [1.54, 1.807) is 30.3 Å². The zero-order valence-corrected chi connectivity index (χ0v) is 31.7. The summed E-state index contributed by atoms with van der Waals surface area (Å²) in [5, 5.41) is 12.2. The average molecular weight is 711 g/mol. The molecule has 2 saturated heterocycles. The second-order valence-electron chi connectivity index (χ2n) is 14.2. The van der Waals surface area contributed by atoms with Gasteiger partial charge >= 0.3 is 22.8 Å². The number of aliphatic hydroxyl groups is 1. The Morgan fingerprint density at radius 3 is 1.98 bits per heavy atom. The second-order valence-corrected chi connectivity index (χ2v) is 23.1. The lowest BCUT2D eigenvalue weighted by molar-refractivity contribution is -0.187. The molecule has 5 rings (SSSR count). The molecule has 2 fully saturated rings. The van der Waals surface area contributed by atoms with Gasteiger partial charge in [0.25, 0.3) is 5.56 Å². The molecule has 0 spiro atoms. The molecule has 0 bridgehead atoms. The van der Waals surface area contributed by atoms with E-state index in [4.69, 9.17) is 22.4 Å². The van der Waals surface area contributed by atoms with Crippen LogP contribution in [0.3, 0.4) is 0 Å². The fourth-order valence-corrected chi connectivity index (χ4v) is 18.3. The van der Waals surface area contributed by atoms with E-state index in [2.05, 4.69) is 27.7 Å². The first kappa shape index (κ1) is 37.2. The Hall–Kier alpha value is -3.02. The normalized spacial score (nSPS) is 24.3. The van der Waals surface area contributed by atoms with Crippen molar-refractivity contribution in [2.24, 2.45) is 0 Å². The number of aromatic nitrogens is 2. The molecule has 2 aliphatic rings. The summed E-state index contributed by atoms with van der Waals surface area (Å²) in [5.41, 5.74) is -2.65. The number of ether oxygens (including phenoxy) is 2. The van der Waals surface area contributed by atoms with Crippen LogP contribution in [0.4, 0.5) is 0 Å². The molecule has 1 aromatic heterocycles.